The van der Waals surface area contributed by atoms with Crippen LogP contribution in [0.4, 0.5) is 8.78 Å². The molecule has 0 aliphatic heterocycles. The van der Waals surface area contributed by atoms with Crippen LogP contribution < -0.4 is 0 Å². The van der Waals surface area contributed by atoms with Gasteiger partial charge in [-0.15, -0.1) is 0 Å². The highest BCUT2D eigenvalue weighted by molar-refractivity contribution is 14.1. The van der Waals surface area contributed by atoms with Crippen molar-refractivity contribution >= 4 is 49.6 Å². The van der Waals surface area contributed by atoms with Gasteiger partial charge in [0.15, 0.2) is 0 Å². The summed E-state index contributed by atoms with van der Waals surface area (Å²) in [6.07, 6.45) is 7.44. The molecule has 3 aromatic heterocycles. The maximum absolute atomic E-state index is 14.0. The van der Waals surface area contributed by atoms with Crippen molar-refractivity contribution in [3.63, 3.8) is 0 Å². The third-order valence-electron chi connectivity index (χ3n) is 4.37. The fraction of sp³-hybridized carbons (Fsp3) is 0.211. The van der Waals surface area contributed by atoms with Crippen LogP contribution in [0.15, 0.2) is 47.6 Å². The number of benzene rings is 1. The van der Waals surface area contributed by atoms with Gasteiger partial charge in [0.05, 0.1) is 45.0 Å². The van der Waals surface area contributed by atoms with Crippen LogP contribution in [-0.2, 0) is 13.1 Å². The number of rotatable bonds is 6. The molecule has 0 radical (unpaired) electrons. The molecule has 0 saturated heterocycles. The summed E-state index contributed by atoms with van der Waals surface area (Å²) in [4.78, 5) is 13.1. The van der Waals surface area contributed by atoms with Gasteiger partial charge in [0, 0.05) is 30.6 Å². The summed E-state index contributed by atoms with van der Waals surface area (Å²) in [6, 6.07) is 5.08. The van der Waals surface area contributed by atoms with Gasteiger partial charge in [0.25, 0.3) is 0 Å². The zero-order chi connectivity index (χ0) is 19.7. The monoisotopic (exact) mass is 557 g/mol. The summed E-state index contributed by atoms with van der Waals surface area (Å²) in [5, 5.41) is 0. The van der Waals surface area contributed by atoms with Gasteiger partial charge in [0.1, 0.15) is 11.6 Å². The summed E-state index contributed by atoms with van der Waals surface area (Å²) in [6.45, 7) is 0.646. The first kappa shape index (κ1) is 19.4. The van der Waals surface area contributed by atoms with E-state index in [9.17, 15) is 8.78 Å². The number of halogens is 4. The molecule has 0 aliphatic rings. The highest BCUT2D eigenvalue weighted by Gasteiger charge is 2.16. The van der Waals surface area contributed by atoms with E-state index in [0.29, 0.717) is 35.3 Å². The molecule has 0 N–H and O–H groups in total. The van der Waals surface area contributed by atoms with Gasteiger partial charge in [-0.1, -0.05) is 0 Å². The summed E-state index contributed by atoms with van der Waals surface area (Å²) in [5.74, 6) is 0.270. The molecule has 0 saturated carbocycles. The molecule has 4 rings (SSSR count). The van der Waals surface area contributed by atoms with Crippen molar-refractivity contribution in [2.45, 2.75) is 19.5 Å². The Labute approximate surface area is 182 Å². The first-order chi connectivity index (χ1) is 13.6. The Kier molecular flexibility index (Phi) is 5.72. The van der Waals surface area contributed by atoms with E-state index in [0.717, 1.165) is 20.3 Å². The van der Waals surface area contributed by atoms with Crippen LogP contribution >= 0.6 is 38.5 Å². The molecule has 0 amide bonds. The second-order valence-electron chi connectivity index (χ2n) is 6.31. The van der Waals surface area contributed by atoms with Gasteiger partial charge >= 0.3 is 0 Å². The zero-order valence-electron chi connectivity index (χ0n) is 14.6. The summed E-state index contributed by atoms with van der Waals surface area (Å²) >= 11 is 5.45. The van der Waals surface area contributed by atoms with Gasteiger partial charge in [-0.05, 0) is 62.6 Å². The predicted molar refractivity (Wildman–Crippen MR) is 115 cm³/mol. The number of hydrogen-bond donors (Lipinski definition) is 0. The molecule has 0 aliphatic carbocycles. The van der Waals surface area contributed by atoms with Crippen LogP contribution in [0, 0.1) is 9.52 Å². The number of aryl methyl sites for hydroxylation is 1. The van der Waals surface area contributed by atoms with Gasteiger partial charge in [-0.3, -0.25) is 9.37 Å². The van der Waals surface area contributed by atoms with Crippen molar-refractivity contribution < 1.29 is 8.78 Å². The second-order valence-corrected chi connectivity index (χ2v) is 8.27. The Morgan fingerprint density at radius 1 is 1.11 bits per heavy atom. The second kappa shape index (κ2) is 8.24. The van der Waals surface area contributed by atoms with E-state index < -0.39 is 6.67 Å². The molecular weight excluding hydrogens is 543 g/mol. The van der Waals surface area contributed by atoms with Crippen LogP contribution in [0.5, 0.6) is 0 Å². The molecule has 28 heavy (non-hydrogen) atoms. The summed E-state index contributed by atoms with van der Waals surface area (Å²) in [7, 11) is 0. The molecule has 1 aromatic carbocycles. The van der Waals surface area contributed by atoms with E-state index in [4.69, 9.17) is 0 Å². The lowest BCUT2D eigenvalue weighted by atomic mass is 10.2. The lowest BCUT2D eigenvalue weighted by Gasteiger charge is -2.10. The van der Waals surface area contributed by atoms with Crippen molar-refractivity contribution in [3.8, 4) is 11.4 Å². The molecular formula is C19H15BrF2IN5. The van der Waals surface area contributed by atoms with Gasteiger partial charge < -0.3 is 9.13 Å². The fourth-order valence-electron chi connectivity index (χ4n) is 3.10. The van der Waals surface area contributed by atoms with E-state index in [-0.39, 0.29) is 5.82 Å². The smallest absolute Gasteiger partial charge is 0.142 e. The fourth-order valence-corrected chi connectivity index (χ4v) is 3.89. The highest BCUT2D eigenvalue weighted by atomic mass is 127. The maximum Gasteiger partial charge on any atom is 0.142 e. The van der Waals surface area contributed by atoms with Gasteiger partial charge in [0.2, 0.25) is 0 Å². The van der Waals surface area contributed by atoms with Crippen LogP contribution in [0.2, 0.25) is 0 Å². The lowest BCUT2D eigenvalue weighted by molar-refractivity contribution is 0.450. The maximum atomic E-state index is 14.0. The van der Waals surface area contributed by atoms with Crippen molar-refractivity contribution in [1.82, 2.24) is 24.1 Å². The lowest BCUT2D eigenvalue weighted by Crippen LogP contribution is -2.04. The Hall–Kier alpha value is -1.88. The largest absolute Gasteiger partial charge is 0.324 e. The number of alkyl halides is 1. The van der Waals surface area contributed by atoms with Crippen LogP contribution in [-0.4, -0.2) is 30.8 Å². The van der Waals surface area contributed by atoms with Crippen LogP contribution in [0.3, 0.4) is 0 Å². The Morgan fingerprint density at radius 3 is 2.71 bits per heavy atom. The molecule has 0 spiro atoms. The van der Waals surface area contributed by atoms with E-state index in [1.54, 1.807) is 31.0 Å². The van der Waals surface area contributed by atoms with Crippen molar-refractivity contribution in [2.24, 2.45) is 0 Å². The molecule has 3 heterocycles. The minimum atomic E-state index is -0.432. The average molecular weight is 558 g/mol. The van der Waals surface area contributed by atoms with Crippen molar-refractivity contribution in [1.29, 1.82) is 0 Å². The quantitative estimate of drug-likeness (QED) is 0.306. The standard InChI is InChI=1S/C19H15BrF2IN5/c20-14-5-17-16(6-15(14)22)26-19(28(17)3-1-2-21)13-4-12(7-24-8-13)10-27-11-25-9-18(27)23/h4-9,11H,1-3,10H2. The Bertz CT molecular complexity index is 1140. The third kappa shape index (κ3) is 3.82. The van der Waals surface area contributed by atoms with E-state index >= 15 is 0 Å². The number of pyridine rings is 1. The summed E-state index contributed by atoms with van der Waals surface area (Å²) < 4.78 is 32.1. The topological polar surface area (TPSA) is 48.5 Å². The molecule has 5 nitrogen and oxygen atoms in total. The van der Waals surface area contributed by atoms with Crippen LogP contribution in [0.1, 0.15) is 12.0 Å². The van der Waals surface area contributed by atoms with E-state index in [1.165, 1.54) is 6.07 Å². The number of imidazole rings is 2. The Balaban J connectivity index is 1.79. The molecule has 4 aromatic rings. The molecule has 0 bridgehead atoms. The number of aromatic nitrogens is 5. The van der Waals surface area contributed by atoms with Crippen molar-refractivity contribution in [3.05, 3.63) is 62.7 Å². The molecule has 0 fully saturated rings. The number of hydrogen-bond acceptors (Lipinski definition) is 3. The van der Waals surface area contributed by atoms with E-state index in [2.05, 4.69) is 53.5 Å². The molecule has 0 unspecified atom stereocenters. The highest BCUT2D eigenvalue weighted by Crippen LogP contribution is 2.29. The first-order valence-electron chi connectivity index (χ1n) is 8.58. The average Bonchev–Trinajstić information content (AvgIpc) is 3.24. The third-order valence-corrected chi connectivity index (χ3v) is 5.88. The summed E-state index contributed by atoms with van der Waals surface area (Å²) in [5.41, 5.74) is 3.08. The predicted octanol–water partition coefficient (Wildman–Crippen LogP) is 5.21. The van der Waals surface area contributed by atoms with Crippen LogP contribution in [0.25, 0.3) is 22.4 Å². The Morgan fingerprint density at radius 2 is 1.96 bits per heavy atom. The zero-order valence-corrected chi connectivity index (χ0v) is 18.4. The number of fused-ring (bicyclic) bond motifs is 1. The molecule has 144 valence electrons. The van der Waals surface area contributed by atoms with Crippen molar-refractivity contribution in [2.75, 3.05) is 6.67 Å². The van der Waals surface area contributed by atoms with Gasteiger partial charge in [-0.25, -0.2) is 14.4 Å². The minimum absolute atomic E-state index is 0.355. The first-order valence-corrected chi connectivity index (χ1v) is 10.4. The van der Waals surface area contributed by atoms with Gasteiger partial charge in [-0.2, -0.15) is 0 Å². The normalized spacial score (nSPS) is 11.4. The molecule has 9 heteroatoms. The SMILES string of the molecule is FCCCn1c(-c2cncc(Cn3cncc3I)c2)nc2cc(F)c(Br)cc21. The number of nitrogens with zero attached hydrogens (tertiary/aromatic N) is 5. The minimum Gasteiger partial charge on any atom is -0.324 e. The molecule has 0 atom stereocenters. The van der Waals surface area contributed by atoms with E-state index in [1.807, 2.05) is 15.2 Å².